The van der Waals surface area contributed by atoms with Crippen molar-refractivity contribution in [2.24, 2.45) is 0 Å². The summed E-state index contributed by atoms with van der Waals surface area (Å²) in [5.74, 6) is 1.36. The van der Waals surface area contributed by atoms with Gasteiger partial charge in [-0.25, -0.2) is 4.98 Å². The summed E-state index contributed by atoms with van der Waals surface area (Å²) in [6.07, 6.45) is 0.986. The molecule has 0 bridgehead atoms. The number of amides is 1. The SMILES string of the molecule is COc1ccc(CCNC(=O)Cc2csc(-c3cccc(CN4CCOCC4)c3)n2)cc1OC. The fourth-order valence-electron chi connectivity index (χ4n) is 3.95. The van der Waals surface area contributed by atoms with Gasteiger partial charge in [0.2, 0.25) is 5.91 Å². The van der Waals surface area contributed by atoms with Crippen LogP contribution in [-0.4, -0.2) is 62.9 Å². The van der Waals surface area contributed by atoms with Gasteiger partial charge in [0.05, 0.1) is 39.5 Å². The Morgan fingerprint density at radius 1 is 1.09 bits per heavy atom. The lowest BCUT2D eigenvalue weighted by molar-refractivity contribution is -0.120. The highest BCUT2D eigenvalue weighted by Gasteiger charge is 2.13. The van der Waals surface area contributed by atoms with Crippen LogP contribution in [0.2, 0.25) is 0 Å². The number of benzene rings is 2. The number of ether oxygens (including phenoxy) is 3. The van der Waals surface area contributed by atoms with E-state index in [1.54, 1.807) is 25.6 Å². The first kappa shape index (κ1) is 24.2. The molecule has 0 spiro atoms. The Kier molecular flexibility index (Phi) is 8.51. The van der Waals surface area contributed by atoms with Crippen molar-refractivity contribution in [3.8, 4) is 22.1 Å². The molecule has 1 amide bonds. The number of nitrogens with zero attached hydrogens (tertiary/aromatic N) is 2. The minimum absolute atomic E-state index is 0.0293. The zero-order valence-corrected chi connectivity index (χ0v) is 20.5. The number of rotatable bonds is 10. The largest absolute Gasteiger partial charge is 0.493 e. The predicted molar refractivity (Wildman–Crippen MR) is 134 cm³/mol. The molecule has 7 nitrogen and oxygen atoms in total. The van der Waals surface area contributed by atoms with Gasteiger partial charge in [-0.3, -0.25) is 9.69 Å². The van der Waals surface area contributed by atoms with Crippen molar-refractivity contribution in [2.75, 3.05) is 47.1 Å². The third kappa shape index (κ3) is 6.56. The van der Waals surface area contributed by atoms with E-state index in [-0.39, 0.29) is 12.3 Å². The molecule has 1 aliphatic rings. The monoisotopic (exact) mass is 481 g/mol. The van der Waals surface area contributed by atoms with Crippen LogP contribution in [0.1, 0.15) is 16.8 Å². The molecule has 8 heteroatoms. The molecule has 0 aliphatic carbocycles. The van der Waals surface area contributed by atoms with Crippen LogP contribution in [0.5, 0.6) is 11.5 Å². The van der Waals surface area contributed by atoms with Gasteiger partial charge in [-0.1, -0.05) is 24.3 Å². The summed E-state index contributed by atoms with van der Waals surface area (Å²) in [6, 6.07) is 14.3. The van der Waals surface area contributed by atoms with Gasteiger partial charge in [-0.15, -0.1) is 11.3 Å². The van der Waals surface area contributed by atoms with Gasteiger partial charge in [0.15, 0.2) is 11.5 Å². The standard InChI is InChI=1S/C26H31N3O4S/c1-31-23-7-6-19(15-24(23)32-2)8-9-27-25(30)16-22-18-34-26(28-22)21-5-3-4-20(14-21)17-29-10-12-33-13-11-29/h3-7,14-15,18H,8-13,16-17H2,1-2H3,(H,27,30). The zero-order valence-electron chi connectivity index (χ0n) is 19.7. The Morgan fingerprint density at radius 3 is 2.71 bits per heavy atom. The van der Waals surface area contributed by atoms with Gasteiger partial charge in [0, 0.05) is 37.1 Å². The van der Waals surface area contributed by atoms with Crippen molar-refractivity contribution in [1.82, 2.24) is 15.2 Å². The fraction of sp³-hybridized carbons (Fsp3) is 0.385. The summed E-state index contributed by atoms with van der Waals surface area (Å²) >= 11 is 1.58. The first-order chi connectivity index (χ1) is 16.6. The van der Waals surface area contributed by atoms with Gasteiger partial charge in [-0.2, -0.15) is 0 Å². The third-order valence-corrected chi connectivity index (χ3v) is 6.70. The normalized spacial score (nSPS) is 14.1. The highest BCUT2D eigenvalue weighted by atomic mass is 32.1. The Labute approximate surface area is 204 Å². The number of nitrogens with one attached hydrogen (secondary N) is 1. The maximum absolute atomic E-state index is 12.4. The van der Waals surface area contributed by atoms with Gasteiger partial charge in [0.25, 0.3) is 0 Å². The molecule has 1 saturated heterocycles. The molecule has 0 radical (unpaired) electrons. The molecule has 0 saturated carbocycles. The van der Waals surface area contributed by atoms with Crippen LogP contribution < -0.4 is 14.8 Å². The maximum atomic E-state index is 12.4. The molecule has 1 aromatic heterocycles. The quantitative estimate of drug-likeness (QED) is 0.477. The second kappa shape index (κ2) is 12.0. The van der Waals surface area contributed by atoms with Crippen LogP contribution in [0.3, 0.4) is 0 Å². The van der Waals surface area contributed by atoms with E-state index < -0.39 is 0 Å². The van der Waals surface area contributed by atoms with E-state index >= 15 is 0 Å². The van der Waals surface area contributed by atoms with Gasteiger partial charge < -0.3 is 19.5 Å². The van der Waals surface area contributed by atoms with E-state index in [1.165, 1.54) is 5.56 Å². The van der Waals surface area contributed by atoms with E-state index in [0.717, 1.165) is 54.7 Å². The Bertz CT molecular complexity index is 1100. The number of morpholine rings is 1. The maximum Gasteiger partial charge on any atom is 0.226 e. The summed E-state index contributed by atoms with van der Waals surface area (Å²) in [6.45, 7) is 4.99. The number of carbonyl (C=O) groups is 1. The highest BCUT2D eigenvalue weighted by Crippen LogP contribution is 2.28. The average Bonchev–Trinajstić information content (AvgIpc) is 3.33. The van der Waals surface area contributed by atoms with E-state index in [0.29, 0.717) is 24.5 Å². The van der Waals surface area contributed by atoms with Crippen LogP contribution in [0.15, 0.2) is 47.8 Å². The minimum Gasteiger partial charge on any atom is -0.493 e. The van der Waals surface area contributed by atoms with Crippen molar-refractivity contribution in [3.63, 3.8) is 0 Å². The molecule has 1 aliphatic heterocycles. The molecule has 0 unspecified atom stereocenters. The van der Waals surface area contributed by atoms with Crippen molar-refractivity contribution in [3.05, 3.63) is 64.7 Å². The van der Waals surface area contributed by atoms with E-state index in [2.05, 4.69) is 34.5 Å². The number of thiazole rings is 1. The number of carbonyl (C=O) groups excluding carboxylic acids is 1. The predicted octanol–water partition coefficient (Wildman–Crippen LogP) is 3.56. The van der Waals surface area contributed by atoms with Crippen molar-refractivity contribution in [1.29, 1.82) is 0 Å². The third-order valence-electron chi connectivity index (χ3n) is 5.76. The second-order valence-electron chi connectivity index (χ2n) is 8.20. The highest BCUT2D eigenvalue weighted by molar-refractivity contribution is 7.13. The molecular weight excluding hydrogens is 450 g/mol. The van der Waals surface area contributed by atoms with Crippen molar-refractivity contribution < 1.29 is 19.0 Å². The first-order valence-electron chi connectivity index (χ1n) is 11.5. The zero-order chi connectivity index (χ0) is 23.8. The van der Waals surface area contributed by atoms with E-state index in [1.807, 2.05) is 23.6 Å². The van der Waals surface area contributed by atoms with E-state index in [4.69, 9.17) is 19.2 Å². The van der Waals surface area contributed by atoms with Gasteiger partial charge >= 0.3 is 0 Å². The summed E-state index contributed by atoms with van der Waals surface area (Å²) in [5.41, 5.74) is 4.23. The lowest BCUT2D eigenvalue weighted by atomic mass is 10.1. The molecule has 1 N–H and O–H groups in total. The van der Waals surface area contributed by atoms with Gasteiger partial charge in [-0.05, 0) is 35.7 Å². The molecular formula is C26H31N3O4S. The number of methoxy groups -OCH3 is 2. The number of hydrogen-bond donors (Lipinski definition) is 1. The van der Waals surface area contributed by atoms with Crippen LogP contribution in [0, 0.1) is 0 Å². The topological polar surface area (TPSA) is 72.9 Å². The number of aromatic nitrogens is 1. The van der Waals surface area contributed by atoms with Crippen molar-refractivity contribution in [2.45, 2.75) is 19.4 Å². The molecule has 2 heterocycles. The molecule has 3 aromatic rings. The second-order valence-corrected chi connectivity index (χ2v) is 9.06. The van der Waals surface area contributed by atoms with Crippen LogP contribution in [0.4, 0.5) is 0 Å². The van der Waals surface area contributed by atoms with Crippen LogP contribution >= 0.6 is 11.3 Å². The molecule has 34 heavy (non-hydrogen) atoms. The summed E-state index contributed by atoms with van der Waals surface area (Å²) < 4.78 is 16.0. The number of hydrogen-bond acceptors (Lipinski definition) is 7. The Hall–Kier alpha value is -2.94. The van der Waals surface area contributed by atoms with Crippen LogP contribution in [-0.2, 0) is 28.9 Å². The minimum atomic E-state index is -0.0293. The fourth-order valence-corrected chi connectivity index (χ4v) is 4.77. The lowest BCUT2D eigenvalue weighted by Gasteiger charge is -2.26. The molecule has 2 aromatic carbocycles. The molecule has 0 atom stereocenters. The van der Waals surface area contributed by atoms with Crippen LogP contribution in [0.25, 0.3) is 10.6 Å². The molecule has 180 valence electrons. The molecule has 4 rings (SSSR count). The lowest BCUT2D eigenvalue weighted by Crippen LogP contribution is -2.35. The van der Waals surface area contributed by atoms with Gasteiger partial charge in [0.1, 0.15) is 5.01 Å². The molecule has 1 fully saturated rings. The summed E-state index contributed by atoms with van der Waals surface area (Å²) in [4.78, 5) is 19.6. The van der Waals surface area contributed by atoms with Crippen molar-refractivity contribution >= 4 is 17.2 Å². The summed E-state index contributed by atoms with van der Waals surface area (Å²) in [5, 5.41) is 5.90. The Balaban J connectivity index is 1.28. The van der Waals surface area contributed by atoms with E-state index in [9.17, 15) is 4.79 Å². The smallest absolute Gasteiger partial charge is 0.226 e. The Morgan fingerprint density at radius 2 is 1.91 bits per heavy atom. The first-order valence-corrected chi connectivity index (χ1v) is 12.3. The average molecular weight is 482 g/mol. The summed E-state index contributed by atoms with van der Waals surface area (Å²) in [7, 11) is 3.23.